The van der Waals surface area contributed by atoms with Gasteiger partial charge in [0.25, 0.3) is 0 Å². The van der Waals surface area contributed by atoms with Gasteiger partial charge in [-0.2, -0.15) is 0 Å². The summed E-state index contributed by atoms with van der Waals surface area (Å²) in [5.74, 6) is 0.0472. The Kier molecular flexibility index (Phi) is 4.02. The minimum atomic E-state index is -0.295. The maximum absolute atomic E-state index is 12.8. The van der Waals surface area contributed by atoms with Crippen molar-refractivity contribution in [2.24, 2.45) is 5.73 Å². The SMILES string of the molecule is N=C(N)c1ccc(Cl)cc1OCc1ccc(F)cc1. The van der Waals surface area contributed by atoms with Gasteiger partial charge in [-0.3, -0.25) is 5.41 Å². The predicted molar refractivity (Wildman–Crippen MR) is 73.2 cm³/mol. The fourth-order valence-electron chi connectivity index (χ4n) is 1.58. The Labute approximate surface area is 115 Å². The number of nitrogen functional groups attached to an aromatic ring is 1. The average molecular weight is 279 g/mol. The molecule has 0 aliphatic heterocycles. The number of benzene rings is 2. The van der Waals surface area contributed by atoms with Gasteiger partial charge in [0.05, 0.1) is 5.56 Å². The minimum Gasteiger partial charge on any atom is -0.488 e. The van der Waals surface area contributed by atoms with Gasteiger partial charge in [-0.05, 0) is 35.9 Å². The Hall–Kier alpha value is -2.07. The standard InChI is InChI=1S/C14H12ClFN2O/c15-10-3-6-12(14(17)18)13(7-10)19-8-9-1-4-11(16)5-2-9/h1-7H,8H2,(H3,17,18). The van der Waals surface area contributed by atoms with E-state index >= 15 is 0 Å². The van der Waals surface area contributed by atoms with Crippen LogP contribution in [0.5, 0.6) is 5.75 Å². The topological polar surface area (TPSA) is 59.1 Å². The first-order valence-electron chi connectivity index (χ1n) is 5.57. The summed E-state index contributed by atoms with van der Waals surface area (Å²) >= 11 is 5.88. The monoisotopic (exact) mass is 278 g/mol. The molecule has 2 aromatic rings. The number of hydrogen-bond donors (Lipinski definition) is 2. The molecule has 0 spiro atoms. The molecule has 98 valence electrons. The summed E-state index contributed by atoms with van der Waals surface area (Å²) in [5.41, 5.74) is 6.76. The van der Waals surface area contributed by atoms with Crippen molar-refractivity contribution in [1.82, 2.24) is 0 Å². The summed E-state index contributed by atoms with van der Waals surface area (Å²) in [6, 6.07) is 10.9. The zero-order valence-corrected chi connectivity index (χ0v) is 10.7. The fourth-order valence-corrected chi connectivity index (χ4v) is 1.74. The van der Waals surface area contributed by atoms with E-state index in [1.165, 1.54) is 12.1 Å². The van der Waals surface area contributed by atoms with Gasteiger partial charge in [-0.25, -0.2) is 4.39 Å². The third kappa shape index (κ3) is 3.45. The van der Waals surface area contributed by atoms with Crippen LogP contribution in [0.3, 0.4) is 0 Å². The predicted octanol–water partition coefficient (Wildman–Crippen LogP) is 3.34. The molecule has 0 radical (unpaired) electrons. The number of nitrogens with two attached hydrogens (primary N) is 1. The van der Waals surface area contributed by atoms with Crippen LogP contribution < -0.4 is 10.5 Å². The van der Waals surface area contributed by atoms with E-state index in [1.54, 1.807) is 30.3 Å². The van der Waals surface area contributed by atoms with Crippen molar-refractivity contribution in [2.45, 2.75) is 6.61 Å². The first kappa shape index (κ1) is 13.4. The van der Waals surface area contributed by atoms with Gasteiger partial charge < -0.3 is 10.5 Å². The molecule has 0 heterocycles. The van der Waals surface area contributed by atoms with Gasteiger partial charge >= 0.3 is 0 Å². The molecule has 2 rings (SSSR count). The van der Waals surface area contributed by atoms with E-state index in [0.29, 0.717) is 16.3 Å². The van der Waals surface area contributed by atoms with Gasteiger partial charge in [-0.1, -0.05) is 23.7 Å². The lowest BCUT2D eigenvalue weighted by Gasteiger charge is -2.11. The molecule has 0 amide bonds. The number of ether oxygens (including phenoxy) is 1. The molecule has 0 unspecified atom stereocenters. The second kappa shape index (κ2) is 5.71. The molecule has 0 bridgehead atoms. The van der Waals surface area contributed by atoms with Gasteiger partial charge in [0.1, 0.15) is 24.0 Å². The van der Waals surface area contributed by atoms with Crippen LogP contribution in [0.15, 0.2) is 42.5 Å². The van der Waals surface area contributed by atoms with Crippen molar-refractivity contribution in [2.75, 3.05) is 0 Å². The van der Waals surface area contributed by atoms with Crippen molar-refractivity contribution in [3.63, 3.8) is 0 Å². The molecule has 5 heteroatoms. The Balaban J connectivity index is 2.16. The largest absolute Gasteiger partial charge is 0.488 e. The molecule has 0 aliphatic rings. The van der Waals surface area contributed by atoms with E-state index in [0.717, 1.165) is 5.56 Å². The molecule has 0 saturated heterocycles. The van der Waals surface area contributed by atoms with Crippen molar-refractivity contribution in [3.8, 4) is 5.75 Å². The van der Waals surface area contributed by atoms with Crippen LogP contribution in [0.1, 0.15) is 11.1 Å². The number of halogens is 2. The zero-order valence-electron chi connectivity index (χ0n) is 9.99. The summed E-state index contributed by atoms with van der Waals surface area (Å²) in [6.07, 6.45) is 0. The maximum Gasteiger partial charge on any atom is 0.132 e. The highest BCUT2D eigenvalue weighted by Gasteiger charge is 2.08. The van der Waals surface area contributed by atoms with Crippen LogP contribution >= 0.6 is 11.6 Å². The second-order valence-electron chi connectivity index (χ2n) is 3.97. The normalized spacial score (nSPS) is 10.2. The van der Waals surface area contributed by atoms with Crippen molar-refractivity contribution in [3.05, 3.63) is 64.4 Å². The second-order valence-corrected chi connectivity index (χ2v) is 4.41. The maximum atomic E-state index is 12.8. The van der Waals surface area contributed by atoms with Crippen LogP contribution in [0.2, 0.25) is 5.02 Å². The number of amidine groups is 1. The van der Waals surface area contributed by atoms with Gasteiger partial charge in [0.15, 0.2) is 0 Å². The average Bonchev–Trinajstić information content (AvgIpc) is 2.38. The van der Waals surface area contributed by atoms with E-state index in [4.69, 9.17) is 27.5 Å². The van der Waals surface area contributed by atoms with Gasteiger partial charge in [0, 0.05) is 5.02 Å². The molecular formula is C14H12ClFN2O. The summed E-state index contributed by atoms with van der Waals surface area (Å²) in [4.78, 5) is 0. The summed E-state index contributed by atoms with van der Waals surface area (Å²) in [5, 5.41) is 7.96. The molecule has 0 saturated carbocycles. The highest BCUT2D eigenvalue weighted by molar-refractivity contribution is 6.30. The lowest BCUT2D eigenvalue weighted by atomic mass is 10.2. The van der Waals surface area contributed by atoms with Crippen LogP contribution in [-0.4, -0.2) is 5.84 Å². The first-order valence-corrected chi connectivity index (χ1v) is 5.95. The number of rotatable bonds is 4. The number of hydrogen-bond acceptors (Lipinski definition) is 2. The molecule has 0 aromatic heterocycles. The van der Waals surface area contributed by atoms with Crippen molar-refractivity contribution >= 4 is 17.4 Å². The Bertz CT molecular complexity index is 599. The summed E-state index contributed by atoms with van der Waals surface area (Å²) in [7, 11) is 0. The van der Waals surface area contributed by atoms with Crippen molar-refractivity contribution in [1.29, 1.82) is 5.41 Å². The Morgan fingerprint density at radius 3 is 2.53 bits per heavy atom. The molecule has 19 heavy (non-hydrogen) atoms. The van der Waals surface area contributed by atoms with Gasteiger partial charge in [0.2, 0.25) is 0 Å². The lowest BCUT2D eigenvalue weighted by Crippen LogP contribution is -2.13. The summed E-state index contributed by atoms with van der Waals surface area (Å²) < 4.78 is 18.3. The molecule has 3 nitrogen and oxygen atoms in total. The van der Waals surface area contributed by atoms with E-state index < -0.39 is 0 Å². The van der Waals surface area contributed by atoms with Crippen molar-refractivity contribution < 1.29 is 9.13 Å². The van der Waals surface area contributed by atoms with E-state index in [1.807, 2.05) is 0 Å². The van der Waals surface area contributed by atoms with Crippen LogP contribution in [0.25, 0.3) is 0 Å². The lowest BCUT2D eigenvalue weighted by molar-refractivity contribution is 0.305. The Morgan fingerprint density at radius 2 is 1.89 bits per heavy atom. The Morgan fingerprint density at radius 1 is 1.21 bits per heavy atom. The highest BCUT2D eigenvalue weighted by Crippen LogP contribution is 2.24. The molecular weight excluding hydrogens is 267 g/mol. The molecule has 0 fully saturated rings. The molecule has 2 aromatic carbocycles. The van der Waals surface area contributed by atoms with E-state index in [2.05, 4.69) is 0 Å². The smallest absolute Gasteiger partial charge is 0.132 e. The molecule has 3 N–H and O–H groups in total. The fraction of sp³-hybridized carbons (Fsp3) is 0.0714. The van der Waals surface area contributed by atoms with E-state index in [-0.39, 0.29) is 18.3 Å². The third-order valence-electron chi connectivity index (χ3n) is 2.54. The molecule has 0 aliphatic carbocycles. The number of nitrogens with one attached hydrogen (secondary N) is 1. The zero-order chi connectivity index (χ0) is 13.8. The molecule has 0 atom stereocenters. The van der Waals surface area contributed by atoms with Crippen LogP contribution in [0, 0.1) is 11.2 Å². The van der Waals surface area contributed by atoms with E-state index in [9.17, 15) is 4.39 Å². The van der Waals surface area contributed by atoms with Crippen LogP contribution in [-0.2, 0) is 6.61 Å². The third-order valence-corrected chi connectivity index (χ3v) is 2.78. The highest BCUT2D eigenvalue weighted by atomic mass is 35.5. The summed E-state index contributed by atoms with van der Waals surface area (Å²) in [6.45, 7) is 0.251. The quantitative estimate of drug-likeness (QED) is 0.666. The van der Waals surface area contributed by atoms with Crippen LogP contribution in [0.4, 0.5) is 4.39 Å². The van der Waals surface area contributed by atoms with Gasteiger partial charge in [-0.15, -0.1) is 0 Å². The minimum absolute atomic E-state index is 0.0919. The first-order chi connectivity index (χ1) is 9.06.